The van der Waals surface area contributed by atoms with Crippen molar-refractivity contribution in [3.05, 3.63) is 59.4 Å². The molecule has 0 amide bonds. The first kappa shape index (κ1) is 14.5. The van der Waals surface area contributed by atoms with Crippen molar-refractivity contribution in [1.82, 2.24) is 4.98 Å². The molecule has 0 saturated carbocycles. The van der Waals surface area contributed by atoms with Crippen LogP contribution in [0.2, 0.25) is 0 Å². The molecule has 0 aliphatic heterocycles. The normalized spacial score (nSPS) is 12.4. The molecule has 0 saturated heterocycles. The summed E-state index contributed by atoms with van der Waals surface area (Å²) in [4.78, 5) is 4.19. The number of hydrogen-bond acceptors (Lipinski definition) is 3. The Bertz CT molecular complexity index is 549. The molecule has 2 N–H and O–H groups in total. The highest BCUT2D eigenvalue weighted by molar-refractivity contribution is 5.35. The van der Waals surface area contributed by atoms with E-state index in [1.807, 2.05) is 13.0 Å². The third-order valence-electron chi connectivity index (χ3n) is 3.37. The summed E-state index contributed by atoms with van der Waals surface area (Å²) < 4.78 is 5.47. The second-order valence-corrected chi connectivity index (χ2v) is 5.19. The molecule has 3 heteroatoms. The SMILES string of the molecule is CCOc1cncc(C(N)c2ccc(C(C)C)cc2)c1. The van der Waals surface area contributed by atoms with Gasteiger partial charge in [-0.2, -0.15) is 0 Å². The van der Waals surface area contributed by atoms with Gasteiger partial charge in [-0.1, -0.05) is 38.1 Å². The van der Waals surface area contributed by atoms with Gasteiger partial charge in [0.15, 0.2) is 0 Å². The van der Waals surface area contributed by atoms with Crippen LogP contribution in [0.3, 0.4) is 0 Å². The minimum atomic E-state index is -0.177. The van der Waals surface area contributed by atoms with Gasteiger partial charge in [0.2, 0.25) is 0 Å². The summed E-state index contributed by atoms with van der Waals surface area (Å²) in [5.41, 5.74) is 9.69. The zero-order valence-electron chi connectivity index (χ0n) is 12.3. The smallest absolute Gasteiger partial charge is 0.137 e. The van der Waals surface area contributed by atoms with Crippen LogP contribution >= 0.6 is 0 Å². The zero-order chi connectivity index (χ0) is 14.5. The Labute approximate surface area is 120 Å². The van der Waals surface area contributed by atoms with Crippen molar-refractivity contribution in [2.24, 2.45) is 5.73 Å². The summed E-state index contributed by atoms with van der Waals surface area (Å²) in [5, 5.41) is 0. The fraction of sp³-hybridized carbons (Fsp3) is 0.353. The number of pyridine rings is 1. The molecule has 1 atom stereocenters. The van der Waals surface area contributed by atoms with Crippen LogP contribution < -0.4 is 10.5 Å². The van der Waals surface area contributed by atoms with Gasteiger partial charge in [-0.3, -0.25) is 4.98 Å². The van der Waals surface area contributed by atoms with Gasteiger partial charge in [0.05, 0.1) is 18.8 Å². The van der Waals surface area contributed by atoms with Crippen LogP contribution in [0, 0.1) is 0 Å². The Kier molecular flexibility index (Phi) is 4.74. The number of nitrogens with zero attached hydrogens (tertiary/aromatic N) is 1. The maximum absolute atomic E-state index is 6.31. The first-order valence-corrected chi connectivity index (χ1v) is 7.05. The zero-order valence-corrected chi connectivity index (χ0v) is 12.3. The van der Waals surface area contributed by atoms with Gasteiger partial charge in [-0.05, 0) is 35.6 Å². The number of ether oxygens (including phenoxy) is 1. The summed E-state index contributed by atoms with van der Waals surface area (Å²) in [6.07, 6.45) is 3.51. The van der Waals surface area contributed by atoms with Gasteiger partial charge < -0.3 is 10.5 Å². The lowest BCUT2D eigenvalue weighted by Crippen LogP contribution is -2.12. The van der Waals surface area contributed by atoms with Gasteiger partial charge in [0, 0.05) is 6.20 Å². The largest absolute Gasteiger partial charge is 0.492 e. The first-order chi connectivity index (χ1) is 9.61. The lowest BCUT2D eigenvalue weighted by atomic mass is 9.96. The fourth-order valence-electron chi connectivity index (χ4n) is 2.13. The number of aromatic nitrogens is 1. The minimum absolute atomic E-state index is 0.177. The predicted octanol–water partition coefficient (Wildman–Crippen LogP) is 3.65. The van der Waals surface area contributed by atoms with Crippen molar-refractivity contribution in [3.63, 3.8) is 0 Å². The Balaban J connectivity index is 2.21. The van der Waals surface area contributed by atoms with E-state index in [1.54, 1.807) is 12.4 Å². The molecule has 1 aromatic heterocycles. The molecule has 3 nitrogen and oxygen atoms in total. The van der Waals surface area contributed by atoms with E-state index < -0.39 is 0 Å². The average Bonchev–Trinajstić information content (AvgIpc) is 2.47. The van der Waals surface area contributed by atoms with Crippen LogP contribution in [0.25, 0.3) is 0 Å². The van der Waals surface area contributed by atoms with E-state index in [2.05, 4.69) is 43.1 Å². The Hall–Kier alpha value is -1.87. The third-order valence-corrected chi connectivity index (χ3v) is 3.37. The van der Waals surface area contributed by atoms with Gasteiger partial charge in [0.25, 0.3) is 0 Å². The summed E-state index contributed by atoms with van der Waals surface area (Å²) in [6.45, 7) is 6.95. The third kappa shape index (κ3) is 3.36. The molecule has 0 spiro atoms. The van der Waals surface area contributed by atoms with Crippen LogP contribution in [0.4, 0.5) is 0 Å². The first-order valence-electron chi connectivity index (χ1n) is 7.05. The van der Waals surface area contributed by atoms with Crippen molar-refractivity contribution in [2.75, 3.05) is 6.61 Å². The molecule has 0 aliphatic carbocycles. The Morgan fingerprint density at radius 1 is 1.05 bits per heavy atom. The highest BCUT2D eigenvalue weighted by Gasteiger charge is 2.11. The summed E-state index contributed by atoms with van der Waals surface area (Å²) in [7, 11) is 0. The van der Waals surface area contributed by atoms with Gasteiger partial charge in [-0.15, -0.1) is 0 Å². The lowest BCUT2D eigenvalue weighted by Gasteiger charge is -2.14. The van der Waals surface area contributed by atoms with Gasteiger partial charge >= 0.3 is 0 Å². The van der Waals surface area contributed by atoms with E-state index in [1.165, 1.54) is 5.56 Å². The van der Waals surface area contributed by atoms with Crippen LogP contribution in [0.1, 0.15) is 49.4 Å². The van der Waals surface area contributed by atoms with E-state index in [0.29, 0.717) is 12.5 Å². The molecule has 20 heavy (non-hydrogen) atoms. The minimum Gasteiger partial charge on any atom is -0.492 e. The number of hydrogen-bond donors (Lipinski definition) is 1. The topological polar surface area (TPSA) is 48.1 Å². The van der Waals surface area contributed by atoms with Crippen molar-refractivity contribution < 1.29 is 4.74 Å². The molecule has 0 radical (unpaired) electrons. The number of nitrogens with two attached hydrogens (primary N) is 1. The molecule has 1 heterocycles. The average molecular weight is 270 g/mol. The van der Waals surface area contributed by atoms with Crippen molar-refractivity contribution in [2.45, 2.75) is 32.7 Å². The molecule has 2 aromatic rings. The van der Waals surface area contributed by atoms with Crippen molar-refractivity contribution >= 4 is 0 Å². The van der Waals surface area contributed by atoms with Gasteiger partial charge in [-0.25, -0.2) is 0 Å². The summed E-state index contributed by atoms with van der Waals surface area (Å²) in [6, 6.07) is 10.2. The molecular weight excluding hydrogens is 248 g/mol. The molecular formula is C17H22N2O. The molecule has 2 rings (SSSR count). The van der Waals surface area contributed by atoms with Crippen LogP contribution in [0.15, 0.2) is 42.7 Å². The maximum atomic E-state index is 6.31. The highest BCUT2D eigenvalue weighted by atomic mass is 16.5. The van der Waals surface area contributed by atoms with E-state index in [4.69, 9.17) is 10.5 Å². The lowest BCUT2D eigenvalue weighted by molar-refractivity contribution is 0.338. The Morgan fingerprint density at radius 3 is 2.30 bits per heavy atom. The molecule has 106 valence electrons. The molecule has 1 aromatic carbocycles. The molecule has 0 bridgehead atoms. The van der Waals surface area contributed by atoms with Gasteiger partial charge in [0.1, 0.15) is 5.75 Å². The molecule has 0 aliphatic rings. The Morgan fingerprint density at radius 2 is 1.70 bits per heavy atom. The van der Waals surface area contributed by atoms with E-state index in [9.17, 15) is 0 Å². The number of benzene rings is 1. The summed E-state index contributed by atoms with van der Waals surface area (Å²) in [5.74, 6) is 1.29. The summed E-state index contributed by atoms with van der Waals surface area (Å²) >= 11 is 0. The van der Waals surface area contributed by atoms with Crippen LogP contribution in [-0.2, 0) is 0 Å². The quantitative estimate of drug-likeness (QED) is 0.902. The number of rotatable bonds is 5. The second-order valence-electron chi connectivity index (χ2n) is 5.19. The molecule has 0 fully saturated rings. The van der Waals surface area contributed by atoms with Crippen LogP contribution in [-0.4, -0.2) is 11.6 Å². The predicted molar refractivity (Wildman–Crippen MR) is 82.0 cm³/mol. The molecule has 1 unspecified atom stereocenters. The van der Waals surface area contributed by atoms with E-state index in [0.717, 1.165) is 16.9 Å². The standard InChI is InChI=1S/C17H22N2O/c1-4-20-16-9-15(10-19-11-16)17(18)14-7-5-13(6-8-14)12(2)3/h5-12,17H,4,18H2,1-3H3. The van der Waals surface area contributed by atoms with E-state index in [-0.39, 0.29) is 6.04 Å². The van der Waals surface area contributed by atoms with Crippen molar-refractivity contribution in [1.29, 1.82) is 0 Å². The van der Waals surface area contributed by atoms with Crippen molar-refractivity contribution in [3.8, 4) is 5.75 Å². The highest BCUT2D eigenvalue weighted by Crippen LogP contribution is 2.24. The van der Waals surface area contributed by atoms with E-state index >= 15 is 0 Å². The maximum Gasteiger partial charge on any atom is 0.137 e. The van der Waals surface area contributed by atoms with Crippen LogP contribution in [0.5, 0.6) is 5.75 Å². The monoisotopic (exact) mass is 270 g/mol. The second kappa shape index (κ2) is 6.53. The fourth-order valence-corrected chi connectivity index (χ4v) is 2.13.